The van der Waals surface area contributed by atoms with Crippen molar-refractivity contribution in [3.05, 3.63) is 30.5 Å². The van der Waals surface area contributed by atoms with Crippen LogP contribution in [0.1, 0.15) is 0 Å². The summed E-state index contributed by atoms with van der Waals surface area (Å²) < 4.78 is 53.8. The molecule has 0 aliphatic rings. The van der Waals surface area contributed by atoms with Crippen LogP contribution in [-0.2, 0) is 19.1 Å². The number of nitrogens with zero attached hydrogens (tertiary/aromatic N) is 1. The molecule has 0 aliphatic heterocycles. The fraction of sp³-hybridized carbons (Fsp3) is 0.100. The van der Waals surface area contributed by atoms with Gasteiger partial charge >= 0.3 is 0 Å². The van der Waals surface area contributed by atoms with Gasteiger partial charge in [-0.15, -0.1) is 0 Å². The molecule has 0 spiro atoms. The van der Waals surface area contributed by atoms with Crippen molar-refractivity contribution in [3.8, 4) is 5.75 Å². The van der Waals surface area contributed by atoms with E-state index in [4.69, 9.17) is 15.4 Å². The van der Waals surface area contributed by atoms with Crippen LogP contribution >= 0.6 is 10.7 Å². The van der Waals surface area contributed by atoms with Gasteiger partial charge < -0.3 is 4.74 Å². The van der Waals surface area contributed by atoms with Crippen molar-refractivity contribution in [2.45, 2.75) is 9.92 Å². The number of ether oxygens (including phenoxy) is 1. The third kappa shape index (κ3) is 3.46. The molecule has 8 nitrogen and oxygen atoms in total. The summed E-state index contributed by atoms with van der Waals surface area (Å²) in [4.78, 5) is -0.254. The standard InChI is InChI=1S/C10H10ClN3O5S2/c1-19-8-6-7(2-3-9(8)20(11,15)16)14-21(17,18)10-4-5-12-13-10/h2-6,14H,1H3,(H,12,13). The quantitative estimate of drug-likeness (QED) is 0.780. The Labute approximate surface area is 125 Å². The van der Waals surface area contributed by atoms with E-state index in [2.05, 4.69) is 14.9 Å². The van der Waals surface area contributed by atoms with Gasteiger partial charge in [0.2, 0.25) is 0 Å². The third-order valence-corrected chi connectivity index (χ3v) is 5.12. The van der Waals surface area contributed by atoms with Crippen LogP contribution in [0.2, 0.25) is 0 Å². The number of anilines is 1. The molecule has 11 heteroatoms. The van der Waals surface area contributed by atoms with Crippen molar-refractivity contribution in [3.63, 3.8) is 0 Å². The molecule has 114 valence electrons. The van der Waals surface area contributed by atoms with E-state index in [9.17, 15) is 16.8 Å². The number of methoxy groups -OCH3 is 1. The molecular formula is C10H10ClN3O5S2. The molecule has 0 amide bonds. The van der Waals surface area contributed by atoms with Gasteiger partial charge in [-0.05, 0) is 18.2 Å². The minimum absolute atomic E-state index is 0.0742. The van der Waals surface area contributed by atoms with Gasteiger partial charge in [-0.1, -0.05) is 0 Å². The van der Waals surface area contributed by atoms with Crippen molar-refractivity contribution in [1.29, 1.82) is 0 Å². The zero-order valence-corrected chi connectivity index (χ0v) is 13.0. The van der Waals surface area contributed by atoms with E-state index in [1.807, 2.05) is 0 Å². The summed E-state index contributed by atoms with van der Waals surface area (Å²) >= 11 is 0. The second-order valence-corrected chi connectivity index (χ2v) is 8.02. The maximum absolute atomic E-state index is 12.0. The molecule has 0 bridgehead atoms. The smallest absolute Gasteiger partial charge is 0.278 e. The molecule has 0 saturated carbocycles. The average Bonchev–Trinajstić information content (AvgIpc) is 2.91. The Balaban J connectivity index is 2.39. The van der Waals surface area contributed by atoms with Crippen molar-refractivity contribution < 1.29 is 21.6 Å². The van der Waals surface area contributed by atoms with Gasteiger partial charge in [0.1, 0.15) is 10.6 Å². The highest BCUT2D eigenvalue weighted by molar-refractivity contribution is 8.13. The van der Waals surface area contributed by atoms with E-state index in [-0.39, 0.29) is 21.4 Å². The predicted octanol–water partition coefficient (Wildman–Crippen LogP) is 1.15. The molecule has 0 saturated heterocycles. The summed E-state index contributed by atoms with van der Waals surface area (Å²) in [5.41, 5.74) is 0.116. The van der Waals surface area contributed by atoms with E-state index in [0.29, 0.717) is 0 Å². The first kappa shape index (κ1) is 15.6. The third-order valence-electron chi connectivity index (χ3n) is 2.44. The highest BCUT2D eigenvalue weighted by atomic mass is 35.7. The van der Waals surface area contributed by atoms with Gasteiger partial charge in [0.05, 0.1) is 19.0 Å². The maximum atomic E-state index is 12.0. The Hall–Kier alpha value is -1.78. The number of aromatic amines is 1. The lowest BCUT2D eigenvalue weighted by molar-refractivity contribution is 0.403. The normalized spacial score (nSPS) is 12.1. The lowest BCUT2D eigenvalue weighted by atomic mass is 10.3. The Kier molecular flexibility index (Phi) is 4.12. The van der Waals surface area contributed by atoms with Crippen molar-refractivity contribution in [2.75, 3.05) is 11.8 Å². The van der Waals surface area contributed by atoms with Crippen molar-refractivity contribution >= 4 is 35.4 Å². The largest absolute Gasteiger partial charge is 0.495 e. The molecule has 0 radical (unpaired) electrons. The van der Waals surface area contributed by atoms with Crippen LogP contribution in [0.4, 0.5) is 5.69 Å². The van der Waals surface area contributed by atoms with Crippen LogP contribution < -0.4 is 9.46 Å². The highest BCUT2D eigenvalue weighted by Gasteiger charge is 2.20. The molecule has 0 fully saturated rings. The number of hydrogen-bond acceptors (Lipinski definition) is 6. The van der Waals surface area contributed by atoms with E-state index >= 15 is 0 Å². The number of nitrogens with one attached hydrogen (secondary N) is 2. The van der Waals surface area contributed by atoms with Crippen LogP contribution in [0.15, 0.2) is 40.4 Å². The fourth-order valence-electron chi connectivity index (χ4n) is 1.54. The van der Waals surface area contributed by atoms with Gasteiger partial charge in [-0.25, -0.2) is 8.42 Å². The van der Waals surface area contributed by atoms with Crippen LogP contribution in [0, 0.1) is 0 Å². The maximum Gasteiger partial charge on any atom is 0.278 e. The van der Waals surface area contributed by atoms with Crippen LogP contribution in [0.5, 0.6) is 5.75 Å². The molecule has 0 atom stereocenters. The predicted molar refractivity (Wildman–Crippen MR) is 75.4 cm³/mol. The molecule has 21 heavy (non-hydrogen) atoms. The highest BCUT2D eigenvalue weighted by Crippen LogP contribution is 2.30. The molecular weight excluding hydrogens is 342 g/mol. The Morgan fingerprint density at radius 1 is 1.24 bits per heavy atom. The number of sulfonamides is 1. The first-order chi connectivity index (χ1) is 9.74. The Morgan fingerprint density at radius 3 is 2.48 bits per heavy atom. The zero-order chi connectivity index (χ0) is 15.7. The molecule has 0 unspecified atom stereocenters. The number of hydrogen-bond donors (Lipinski definition) is 2. The summed E-state index contributed by atoms with van der Waals surface area (Å²) in [6, 6.07) is 4.89. The molecule has 2 N–H and O–H groups in total. The first-order valence-corrected chi connectivity index (χ1v) is 9.18. The van der Waals surface area contributed by atoms with Gasteiger partial charge in [-0.3, -0.25) is 9.82 Å². The molecule has 1 heterocycles. The van der Waals surface area contributed by atoms with Crippen molar-refractivity contribution in [1.82, 2.24) is 10.2 Å². The van der Waals surface area contributed by atoms with Gasteiger partial charge in [0.25, 0.3) is 19.1 Å². The number of halogens is 1. The van der Waals surface area contributed by atoms with E-state index < -0.39 is 19.1 Å². The lowest BCUT2D eigenvalue weighted by Gasteiger charge is -2.10. The lowest BCUT2D eigenvalue weighted by Crippen LogP contribution is -2.13. The van der Waals surface area contributed by atoms with E-state index in [1.54, 1.807) is 0 Å². The number of H-pyrrole nitrogens is 1. The van der Waals surface area contributed by atoms with Gasteiger partial charge in [0, 0.05) is 16.7 Å². The summed E-state index contributed by atoms with van der Waals surface area (Å²) in [6.07, 6.45) is 1.29. The molecule has 2 rings (SSSR count). The minimum Gasteiger partial charge on any atom is -0.495 e. The molecule has 0 aliphatic carbocycles. The number of benzene rings is 1. The second-order valence-electron chi connectivity index (χ2n) is 3.83. The molecule has 1 aromatic carbocycles. The number of aromatic nitrogens is 2. The average molecular weight is 352 g/mol. The number of rotatable bonds is 5. The van der Waals surface area contributed by atoms with E-state index in [0.717, 1.165) is 6.07 Å². The Bertz CT molecular complexity index is 847. The van der Waals surface area contributed by atoms with Crippen LogP contribution in [0.25, 0.3) is 0 Å². The summed E-state index contributed by atoms with van der Waals surface area (Å²) in [7, 11) is -1.35. The fourth-order valence-corrected chi connectivity index (χ4v) is 3.49. The first-order valence-electron chi connectivity index (χ1n) is 5.39. The monoisotopic (exact) mass is 351 g/mol. The summed E-state index contributed by atoms with van der Waals surface area (Å²) in [5.74, 6) is -0.0742. The summed E-state index contributed by atoms with van der Waals surface area (Å²) in [5, 5.41) is 5.73. The SMILES string of the molecule is COc1cc(NS(=O)(=O)c2ccn[nH]2)ccc1S(=O)(=O)Cl. The zero-order valence-electron chi connectivity index (χ0n) is 10.6. The molecule has 2 aromatic rings. The van der Waals surface area contributed by atoms with Crippen LogP contribution in [0.3, 0.4) is 0 Å². The van der Waals surface area contributed by atoms with E-state index in [1.165, 1.54) is 31.5 Å². The second kappa shape index (κ2) is 5.54. The van der Waals surface area contributed by atoms with Gasteiger partial charge in [0.15, 0.2) is 5.03 Å². The van der Waals surface area contributed by atoms with Gasteiger partial charge in [-0.2, -0.15) is 13.5 Å². The van der Waals surface area contributed by atoms with Crippen molar-refractivity contribution in [2.24, 2.45) is 0 Å². The van der Waals surface area contributed by atoms with Crippen LogP contribution in [-0.4, -0.2) is 34.1 Å². The summed E-state index contributed by atoms with van der Waals surface area (Å²) in [6.45, 7) is 0. The molecule has 1 aromatic heterocycles. The Morgan fingerprint density at radius 2 is 1.95 bits per heavy atom. The minimum atomic E-state index is -4.00. The topological polar surface area (TPSA) is 118 Å².